The highest BCUT2D eigenvalue weighted by molar-refractivity contribution is 8.14. The lowest BCUT2D eigenvalue weighted by molar-refractivity contribution is 0.592. The highest BCUT2D eigenvalue weighted by Crippen LogP contribution is 2.14. The first-order valence-electron chi connectivity index (χ1n) is 3.66. The Bertz CT molecular complexity index is 547. The van der Waals surface area contributed by atoms with Gasteiger partial charge < -0.3 is 0 Å². The molecule has 86 valence electrons. The maximum atomic E-state index is 11.5. The number of nitrogens with zero attached hydrogens (tertiary/aromatic N) is 2. The Morgan fingerprint density at radius 3 is 2.27 bits per heavy atom. The summed E-state index contributed by atoms with van der Waals surface area (Å²) in [5.41, 5.74) is 0. The smallest absolute Gasteiger partial charge is 0.221 e. The van der Waals surface area contributed by atoms with E-state index in [0.29, 0.717) is 5.82 Å². The fourth-order valence-corrected chi connectivity index (χ4v) is 4.63. The van der Waals surface area contributed by atoms with E-state index >= 15 is 0 Å². The molecule has 15 heavy (non-hydrogen) atoms. The monoisotopic (exact) mass is 290 g/mol. The first kappa shape index (κ1) is 12.8. The second kappa shape index (κ2) is 4.32. The van der Waals surface area contributed by atoms with Gasteiger partial charge in [0.25, 0.3) is 0 Å². The van der Waals surface area contributed by atoms with E-state index in [9.17, 15) is 16.8 Å². The van der Waals surface area contributed by atoms with Crippen LogP contribution in [0.2, 0.25) is 0 Å². The maximum Gasteiger partial charge on any atom is 0.233 e. The zero-order chi connectivity index (χ0) is 11.7. The predicted octanol–water partition coefficient (Wildman–Crippen LogP) is 0.189. The van der Waals surface area contributed by atoms with Crippen molar-refractivity contribution in [3.05, 3.63) is 5.82 Å². The van der Waals surface area contributed by atoms with Crippen molar-refractivity contribution in [2.45, 2.75) is 11.3 Å². The van der Waals surface area contributed by atoms with E-state index in [4.69, 9.17) is 10.7 Å². The Morgan fingerprint density at radius 2 is 1.87 bits per heavy atom. The molecule has 0 saturated carbocycles. The summed E-state index contributed by atoms with van der Waals surface area (Å²) in [5.74, 6) is -0.865. The van der Waals surface area contributed by atoms with Crippen LogP contribution in [-0.4, -0.2) is 37.7 Å². The minimum Gasteiger partial charge on any atom is -0.221 e. The van der Waals surface area contributed by atoms with Crippen molar-refractivity contribution in [1.29, 1.82) is 0 Å². The highest BCUT2D eigenvalue weighted by atomic mass is 35.7. The molecule has 0 aliphatic carbocycles. The van der Waals surface area contributed by atoms with Crippen LogP contribution >= 0.6 is 22.2 Å². The van der Waals surface area contributed by atoms with Gasteiger partial charge in [-0.1, -0.05) is 0 Å². The van der Waals surface area contributed by atoms with Crippen molar-refractivity contribution in [1.82, 2.24) is 9.36 Å². The van der Waals surface area contributed by atoms with Crippen LogP contribution < -0.4 is 0 Å². The number of aromatic nitrogens is 2. The van der Waals surface area contributed by atoms with Gasteiger partial charge in [0, 0.05) is 10.7 Å². The average Bonchev–Trinajstić information content (AvgIpc) is 2.48. The average molecular weight is 291 g/mol. The summed E-state index contributed by atoms with van der Waals surface area (Å²) in [5, 5.41) is 0. The molecule has 0 aromatic carbocycles. The third kappa shape index (κ3) is 4.01. The third-order valence-corrected chi connectivity index (χ3v) is 5.74. The lowest BCUT2D eigenvalue weighted by Gasteiger charge is -1.96. The minimum atomic E-state index is -3.81. The van der Waals surface area contributed by atoms with Crippen molar-refractivity contribution < 1.29 is 16.8 Å². The van der Waals surface area contributed by atoms with Crippen LogP contribution in [0.4, 0.5) is 0 Å². The van der Waals surface area contributed by atoms with Crippen molar-refractivity contribution in [3.63, 3.8) is 0 Å². The third-order valence-electron chi connectivity index (χ3n) is 1.37. The van der Waals surface area contributed by atoms with E-state index in [1.807, 2.05) is 0 Å². The molecule has 0 fully saturated rings. The molecule has 1 aromatic rings. The number of halogens is 1. The van der Waals surface area contributed by atoms with Gasteiger partial charge in [-0.15, -0.1) is 0 Å². The number of hydrogen-bond donors (Lipinski definition) is 0. The molecule has 0 bridgehead atoms. The summed E-state index contributed by atoms with van der Waals surface area (Å²) < 4.78 is 47.6. The number of rotatable bonds is 4. The van der Waals surface area contributed by atoms with E-state index in [-0.39, 0.29) is 4.34 Å². The van der Waals surface area contributed by atoms with Gasteiger partial charge in [0.05, 0.1) is 11.5 Å². The van der Waals surface area contributed by atoms with Crippen LogP contribution in [-0.2, 0) is 18.9 Å². The topological polar surface area (TPSA) is 94.1 Å². The summed E-state index contributed by atoms with van der Waals surface area (Å²) in [6, 6.07) is 0. The van der Waals surface area contributed by atoms with Gasteiger partial charge >= 0.3 is 0 Å². The quantitative estimate of drug-likeness (QED) is 0.735. The molecule has 1 rings (SSSR count). The van der Waals surface area contributed by atoms with Gasteiger partial charge in [0.15, 0.2) is 0 Å². The molecule has 0 aliphatic rings. The van der Waals surface area contributed by atoms with Gasteiger partial charge in [-0.05, 0) is 18.5 Å². The van der Waals surface area contributed by atoms with Gasteiger partial charge in [0.2, 0.25) is 23.2 Å². The summed E-state index contributed by atoms with van der Waals surface area (Å²) in [4.78, 5) is 3.66. The van der Waals surface area contributed by atoms with Crippen molar-refractivity contribution in [2.24, 2.45) is 0 Å². The van der Waals surface area contributed by atoms with Gasteiger partial charge in [-0.3, -0.25) is 0 Å². The van der Waals surface area contributed by atoms with Gasteiger partial charge in [0.1, 0.15) is 5.82 Å². The molecule has 0 aliphatic heterocycles. The Balaban J connectivity index is 2.86. The Kier molecular flexibility index (Phi) is 3.69. The molecule has 0 N–H and O–H groups in total. The molecular formula is C5H7ClN2O4S3. The fourth-order valence-electron chi connectivity index (χ4n) is 0.701. The van der Waals surface area contributed by atoms with Crippen LogP contribution in [0.5, 0.6) is 0 Å². The summed E-state index contributed by atoms with van der Waals surface area (Å²) >= 11 is 0.720. The molecule has 0 spiro atoms. The molecule has 6 nitrogen and oxygen atoms in total. The number of sulfone groups is 1. The summed E-state index contributed by atoms with van der Waals surface area (Å²) in [6.45, 7) is 1.55. The normalized spacial score (nSPS) is 12.9. The largest absolute Gasteiger partial charge is 0.233 e. The van der Waals surface area contributed by atoms with Gasteiger partial charge in [-0.2, -0.15) is 4.37 Å². The zero-order valence-corrected chi connectivity index (χ0v) is 10.7. The second-order valence-electron chi connectivity index (χ2n) is 2.67. The number of hydrogen-bond acceptors (Lipinski definition) is 7. The van der Waals surface area contributed by atoms with E-state index in [1.165, 1.54) is 0 Å². The first-order chi connectivity index (χ1) is 6.71. The van der Waals surface area contributed by atoms with E-state index in [0.717, 1.165) is 11.5 Å². The lowest BCUT2D eigenvalue weighted by Crippen LogP contribution is -2.14. The molecular weight excluding hydrogens is 284 g/mol. The standard InChI is InChI=1S/C5H7ClN2O4S3/c1-4-7-5(13-8-4)14(9,10)2-3-15(6,11)12/h2-3H2,1H3. The highest BCUT2D eigenvalue weighted by Gasteiger charge is 2.22. The van der Waals surface area contributed by atoms with Crippen LogP contribution in [0.25, 0.3) is 0 Å². The molecule has 1 aromatic heterocycles. The van der Waals surface area contributed by atoms with E-state index < -0.39 is 30.4 Å². The molecule has 0 saturated heterocycles. The van der Waals surface area contributed by atoms with Crippen LogP contribution in [0, 0.1) is 6.92 Å². The van der Waals surface area contributed by atoms with E-state index in [1.54, 1.807) is 6.92 Å². The molecule has 0 atom stereocenters. The summed E-state index contributed by atoms with van der Waals surface area (Å²) in [7, 11) is -2.59. The van der Waals surface area contributed by atoms with Crippen molar-refractivity contribution in [2.75, 3.05) is 11.5 Å². The van der Waals surface area contributed by atoms with E-state index in [2.05, 4.69) is 9.36 Å². The van der Waals surface area contributed by atoms with Crippen LogP contribution in [0.3, 0.4) is 0 Å². The van der Waals surface area contributed by atoms with Crippen molar-refractivity contribution >= 4 is 41.1 Å². The molecule has 10 heteroatoms. The SMILES string of the molecule is Cc1nsc(S(=O)(=O)CCS(=O)(=O)Cl)n1. The molecule has 0 radical (unpaired) electrons. The molecule has 0 amide bonds. The fraction of sp³-hybridized carbons (Fsp3) is 0.600. The first-order valence-corrected chi connectivity index (χ1v) is 8.56. The maximum absolute atomic E-state index is 11.5. The number of aryl methyl sites for hydroxylation is 1. The lowest BCUT2D eigenvalue weighted by atomic mass is 10.8. The predicted molar refractivity (Wildman–Crippen MR) is 56.3 cm³/mol. The van der Waals surface area contributed by atoms with Gasteiger partial charge in [-0.25, -0.2) is 21.8 Å². The van der Waals surface area contributed by atoms with Crippen LogP contribution in [0.15, 0.2) is 4.34 Å². The Morgan fingerprint density at radius 1 is 1.27 bits per heavy atom. The molecule has 1 heterocycles. The Labute approximate surface area is 95.8 Å². The van der Waals surface area contributed by atoms with Crippen molar-refractivity contribution in [3.8, 4) is 0 Å². The van der Waals surface area contributed by atoms with Crippen LogP contribution in [0.1, 0.15) is 5.82 Å². The minimum absolute atomic E-state index is 0.180. The Hall–Kier alpha value is -0.250. The second-order valence-corrected chi connectivity index (χ2v) is 8.60. The molecule has 0 unspecified atom stereocenters. The zero-order valence-electron chi connectivity index (χ0n) is 7.54. The summed E-state index contributed by atoms with van der Waals surface area (Å²) in [6.07, 6.45) is 0.